The first kappa shape index (κ1) is 20.2. The van der Waals surface area contributed by atoms with Crippen LogP contribution in [0.25, 0.3) is 5.43 Å². The standard InChI is InChI=1S/C29H23N5/c30-21-25-22-33(26-17-9-3-10-18-26)29(24-15-7-2-8-16-24)28(25,23-13-5-1-6-14-23)31-34(32-29)27-19-11-4-12-20-27/h1-20,25H,22H2/t25-,28+,29-/m1/s1. The number of benzene rings is 4. The summed E-state index contributed by atoms with van der Waals surface area (Å²) < 4.78 is 0. The van der Waals surface area contributed by atoms with Gasteiger partial charge < -0.3 is 4.90 Å². The van der Waals surface area contributed by atoms with Crippen molar-refractivity contribution in [2.75, 3.05) is 11.4 Å². The Morgan fingerprint density at radius 3 is 1.88 bits per heavy atom. The molecule has 1 saturated heterocycles. The molecule has 1 fully saturated rings. The van der Waals surface area contributed by atoms with Gasteiger partial charge in [-0.25, -0.2) is 0 Å². The molecule has 164 valence electrons. The van der Waals surface area contributed by atoms with Crippen molar-refractivity contribution in [3.05, 3.63) is 138 Å². The van der Waals surface area contributed by atoms with Crippen molar-refractivity contribution in [2.24, 2.45) is 11.0 Å². The highest BCUT2D eigenvalue weighted by Crippen LogP contribution is 2.64. The van der Waals surface area contributed by atoms with E-state index in [1.54, 1.807) is 4.81 Å². The molecule has 0 N–H and O–H groups in total. The summed E-state index contributed by atoms with van der Waals surface area (Å²) in [5.41, 5.74) is 7.36. The molecule has 0 aromatic heterocycles. The third-order valence-corrected chi connectivity index (χ3v) is 6.88. The summed E-state index contributed by atoms with van der Waals surface area (Å²) in [5, 5.41) is 15.8. The van der Waals surface area contributed by atoms with Gasteiger partial charge in [0.1, 0.15) is 11.2 Å². The normalized spacial score (nSPS) is 25.2. The highest BCUT2D eigenvalue weighted by molar-refractivity contribution is 5.62. The van der Waals surface area contributed by atoms with Crippen LogP contribution in [0.15, 0.2) is 126 Å². The molecule has 0 bridgehead atoms. The average Bonchev–Trinajstić information content (AvgIpc) is 3.42. The van der Waals surface area contributed by atoms with Crippen molar-refractivity contribution in [1.82, 2.24) is 0 Å². The van der Waals surface area contributed by atoms with E-state index in [-0.39, 0.29) is 0 Å². The Morgan fingerprint density at radius 2 is 1.29 bits per heavy atom. The number of hydrogen-bond donors (Lipinski definition) is 0. The Kier molecular flexibility index (Phi) is 4.67. The third kappa shape index (κ3) is 2.72. The first-order valence-electron chi connectivity index (χ1n) is 11.4. The first-order valence-corrected chi connectivity index (χ1v) is 11.4. The topological polar surface area (TPSA) is 56.5 Å². The number of fused-ring (bicyclic) bond motifs is 1. The van der Waals surface area contributed by atoms with Crippen LogP contribution in [0.3, 0.4) is 0 Å². The van der Waals surface area contributed by atoms with Crippen LogP contribution in [-0.2, 0) is 11.2 Å². The summed E-state index contributed by atoms with van der Waals surface area (Å²) >= 11 is 0. The van der Waals surface area contributed by atoms with Crippen LogP contribution in [-0.4, -0.2) is 11.4 Å². The summed E-state index contributed by atoms with van der Waals surface area (Å²) in [6.45, 7) is 0.514. The van der Waals surface area contributed by atoms with Gasteiger partial charge >= 0.3 is 0 Å². The molecular formula is C29H23N5. The SMILES string of the molecule is N#C[C@@H]1CN(c2ccccc2)[C@@]2(c3ccccc3)[N-][N+](c3ccccc3)=N[C@@]12c1ccccc1. The first-order chi connectivity index (χ1) is 16.8. The molecule has 2 aliphatic rings. The molecule has 4 aromatic rings. The predicted molar refractivity (Wildman–Crippen MR) is 131 cm³/mol. The van der Waals surface area contributed by atoms with Crippen LogP contribution < -0.4 is 4.90 Å². The van der Waals surface area contributed by atoms with Gasteiger partial charge in [-0.3, -0.25) is 0 Å². The Labute approximate surface area is 199 Å². The Morgan fingerprint density at radius 1 is 0.765 bits per heavy atom. The lowest BCUT2D eigenvalue weighted by Crippen LogP contribution is -2.51. The van der Waals surface area contributed by atoms with E-state index in [4.69, 9.17) is 10.5 Å². The summed E-state index contributed by atoms with van der Waals surface area (Å²) in [6, 6.07) is 43.2. The number of nitrogens with zero attached hydrogens (tertiary/aromatic N) is 5. The number of azo groups is 1. The maximum atomic E-state index is 10.5. The zero-order chi connectivity index (χ0) is 23.0. The van der Waals surface area contributed by atoms with E-state index in [2.05, 4.69) is 47.4 Å². The molecule has 2 heterocycles. The molecule has 0 aliphatic carbocycles. The second-order valence-electron chi connectivity index (χ2n) is 8.62. The van der Waals surface area contributed by atoms with E-state index >= 15 is 0 Å². The van der Waals surface area contributed by atoms with Gasteiger partial charge in [0.2, 0.25) is 5.69 Å². The summed E-state index contributed by atoms with van der Waals surface area (Å²) in [4.78, 5) is 4.00. The quantitative estimate of drug-likeness (QED) is 0.340. The molecule has 0 saturated carbocycles. The van der Waals surface area contributed by atoms with Crippen LogP contribution in [0.5, 0.6) is 0 Å². The van der Waals surface area contributed by atoms with E-state index in [0.29, 0.717) is 6.54 Å². The van der Waals surface area contributed by atoms with Crippen LogP contribution in [0, 0.1) is 17.2 Å². The highest BCUT2D eigenvalue weighted by Gasteiger charge is 2.68. The second kappa shape index (κ2) is 7.86. The minimum Gasteiger partial charge on any atom is -0.355 e. The summed E-state index contributed by atoms with van der Waals surface area (Å²) in [7, 11) is 0. The fraction of sp³-hybridized carbons (Fsp3) is 0.138. The predicted octanol–water partition coefficient (Wildman–Crippen LogP) is 6.49. The molecule has 6 rings (SSSR count). The summed E-state index contributed by atoms with van der Waals surface area (Å²) in [5.74, 6) is -0.423. The van der Waals surface area contributed by atoms with Gasteiger partial charge in [-0.1, -0.05) is 97.1 Å². The van der Waals surface area contributed by atoms with Crippen molar-refractivity contribution in [1.29, 1.82) is 5.26 Å². The molecule has 0 unspecified atom stereocenters. The maximum Gasteiger partial charge on any atom is 0.225 e. The van der Waals surface area contributed by atoms with Gasteiger partial charge in [-0.05, 0) is 23.3 Å². The number of nitriles is 1. The van der Waals surface area contributed by atoms with Gasteiger partial charge in [-0.15, -0.1) is 4.81 Å². The fourth-order valence-corrected chi connectivity index (χ4v) is 5.44. The Balaban J connectivity index is 1.70. The number of rotatable bonds is 4. The zero-order valence-electron chi connectivity index (χ0n) is 18.6. The molecule has 5 nitrogen and oxygen atoms in total. The lowest BCUT2D eigenvalue weighted by atomic mass is 9.71. The van der Waals surface area contributed by atoms with Crippen molar-refractivity contribution in [2.45, 2.75) is 11.2 Å². The smallest absolute Gasteiger partial charge is 0.225 e. The Bertz CT molecular complexity index is 1370. The van der Waals surface area contributed by atoms with E-state index in [0.717, 1.165) is 22.5 Å². The molecule has 2 aliphatic heterocycles. The van der Waals surface area contributed by atoms with E-state index < -0.39 is 17.1 Å². The molecule has 4 aromatic carbocycles. The number of hydrogen-bond acceptors (Lipinski definition) is 3. The largest absolute Gasteiger partial charge is 0.355 e. The molecule has 0 amide bonds. The highest BCUT2D eigenvalue weighted by atomic mass is 15.7. The van der Waals surface area contributed by atoms with Crippen molar-refractivity contribution in [3.63, 3.8) is 0 Å². The van der Waals surface area contributed by atoms with Crippen molar-refractivity contribution < 1.29 is 4.81 Å². The van der Waals surface area contributed by atoms with E-state index in [1.165, 1.54) is 0 Å². The van der Waals surface area contributed by atoms with Crippen molar-refractivity contribution >= 4 is 11.4 Å². The van der Waals surface area contributed by atoms with Crippen molar-refractivity contribution in [3.8, 4) is 6.07 Å². The number of para-hydroxylation sites is 2. The second-order valence-corrected chi connectivity index (χ2v) is 8.62. The fourth-order valence-electron chi connectivity index (χ4n) is 5.44. The summed E-state index contributed by atoms with van der Waals surface area (Å²) in [6.07, 6.45) is 0. The van der Waals surface area contributed by atoms with Crippen LogP contribution in [0.4, 0.5) is 11.4 Å². The minimum atomic E-state index is -0.937. The third-order valence-electron chi connectivity index (χ3n) is 6.88. The molecule has 34 heavy (non-hydrogen) atoms. The molecular weight excluding hydrogens is 418 g/mol. The van der Waals surface area contributed by atoms with Gasteiger partial charge in [0.25, 0.3) is 0 Å². The van der Waals surface area contributed by atoms with Gasteiger partial charge in [0, 0.05) is 24.4 Å². The minimum absolute atomic E-state index is 0.423. The monoisotopic (exact) mass is 441 g/mol. The lowest BCUT2D eigenvalue weighted by molar-refractivity contribution is -0.458. The molecule has 0 spiro atoms. The maximum absolute atomic E-state index is 10.5. The molecule has 3 atom stereocenters. The van der Waals surface area contributed by atoms with Gasteiger partial charge in [-0.2, -0.15) is 15.8 Å². The zero-order valence-corrected chi connectivity index (χ0v) is 18.6. The number of anilines is 1. The van der Waals surface area contributed by atoms with Gasteiger partial charge in [0.05, 0.1) is 12.0 Å². The average molecular weight is 442 g/mol. The van der Waals surface area contributed by atoms with E-state index in [1.807, 2.05) is 84.9 Å². The van der Waals surface area contributed by atoms with Gasteiger partial charge in [0.15, 0.2) is 0 Å². The van der Waals surface area contributed by atoms with Crippen LogP contribution in [0.1, 0.15) is 11.1 Å². The van der Waals surface area contributed by atoms with Crippen LogP contribution in [0.2, 0.25) is 0 Å². The molecule has 5 heteroatoms. The van der Waals surface area contributed by atoms with Crippen LogP contribution >= 0.6 is 0 Å². The van der Waals surface area contributed by atoms with E-state index in [9.17, 15) is 5.26 Å². The molecule has 0 radical (unpaired) electrons. The lowest BCUT2D eigenvalue weighted by Gasteiger charge is -2.46. The Hall–Kier alpha value is -4.43.